The molecule has 0 bridgehead atoms. The van der Waals surface area contributed by atoms with Gasteiger partial charge in [-0.15, -0.1) is 0 Å². The molecule has 0 aromatic carbocycles. The van der Waals surface area contributed by atoms with E-state index >= 15 is 0 Å². The quantitative estimate of drug-likeness (QED) is 0.783. The first-order chi connectivity index (χ1) is 10.3. The van der Waals surface area contributed by atoms with Crippen molar-refractivity contribution in [2.24, 2.45) is 0 Å². The van der Waals surface area contributed by atoms with E-state index in [1.54, 1.807) is 0 Å². The van der Waals surface area contributed by atoms with Crippen LogP contribution in [0.1, 0.15) is 5.76 Å². The third-order valence-electron chi connectivity index (χ3n) is 3.92. The van der Waals surface area contributed by atoms with E-state index in [0.29, 0.717) is 0 Å². The molecule has 1 aliphatic heterocycles. The highest BCUT2D eigenvalue weighted by molar-refractivity contribution is 5.62. The smallest absolute Gasteiger partial charge is 0.154 e. The molecule has 3 aromatic rings. The van der Waals surface area contributed by atoms with E-state index in [1.807, 2.05) is 29.7 Å². The van der Waals surface area contributed by atoms with Crippen LogP contribution in [0.15, 0.2) is 41.1 Å². The molecule has 5 nitrogen and oxygen atoms in total. The fourth-order valence-corrected chi connectivity index (χ4v) is 2.78. The summed E-state index contributed by atoms with van der Waals surface area (Å²) in [5.41, 5.74) is 3.06. The Balaban J connectivity index is 1.71. The van der Waals surface area contributed by atoms with Crippen molar-refractivity contribution in [3.63, 3.8) is 0 Å². The van der Waals surface area contributed by atoms with Gasteiger partial charge in [0, 0.05) is 50.3 Å². The summed E-state index contributed by atoms with van der Waals surface area (Å²) in [4.78, 5) is 7.07. The second-order valence-electron chi connectivity index (χ2n) is 5.42. The summed E-state index contributed by atoms with van der Waals surface area (Å²) < 4.78 is 7.69. The Morgan fingerprint density at radius 2 is 2.05 bits per heavy atom. The first kappa shape index (κ1) is 12.5. The van der Waals surface area contributed by atoms with Crippen LogP contribution in [0.4, 0.5) is 5.69 Å². The Labute approximate surface area is 123 Å². The number of piperazine rings is 1. The minimum Gasteiger partial charge on any atom is -0.460 e. The third kappa shape index (κ3) is 2.29. The molecule has 108 valence electrons. The van der Waals surface area contributed by atoms with Gasteiger partial charge in [-0.2, -0.15) is 0 Å². The van der Waals surface area contributed by atoms with Gasteiger partial charge in [0.2, 0.25) is 0 Å². The summed E-state index contributed by atoms with van der Waals surface area (Å²) in [5.74, 6) is 1.73. The Kier molecular flexibility index (Phi) is 2.93. The van der Waals surface area contributed by atoms with Gasteiger partial charge in [-0.3, -0.25) is 0 Å². The van der Waals surface area contributed by atoms with Gasteiger partial charge in [-0.25, -0.2) is 4.98 Å². The summed E-state index contributed by atoms with van der Waals surface area (Å²) >= 11 is 0. The summed E-state index contributed by atoms with van der Waals surface area (Å²) in [6, 6.07) is 8.22. The molecule has 3 aromatic heterocycles. The van der Waals surface area contributed by atoms with Gasteiger partial charge in [-0.1, -0.05) is 0 Å². The summed E-state index contributed by atoms with van der Waals surface area (Å²) in [6.45, 7) is 6.11. The maximum Gasteiger partial charge on any atom is 0.154 e. The number of nitrogens with zero attached hydrogens (tertiary/aromatic N) is 3. The fourth-order valence-electron chi connectivity index (χ4n) is 2.78. The molecule has 4 heterocycles. The van der Waals surface area contributed by atoms with Gasteiger partial charge in [0.1, 0.15) is 17.1 Å². The van der Waals surface area contributed by atoms with Crippen LogP contribution in [0.25, 0.3) is 17.1 Å². The number of aromatic nitrogens is 2. The molecular formula is C16H18N4O. The average Bonchev–Trinajstić information content (AvgIpc) is 3.13. The first-order valence-electron chi connectivity index (χ1n) is 7.31. The number of imidazole rings is 1. The highest BCUT2D eigenvalue weighted by atomic mass is 16.3. The Bertz CT molecular complexity index is 768. The van der Waals surface area contributed by atoms with E-state index in [9.17, 15) is 0 Å². The lowest BCUT2D eigenvalue weighted by Crippen LogP contribution is -2.43. The molecule has 1 saturated heterocycles. The van der Waals surface area contributed by atoms with Crippen LogP contribution in [0.3, 0.4) is 0 Å². The SMILES string of the molecule is Cc1ccc(-c2cn3ccc(N4CCNCC4)cc3n2)o1. The zero-order valence-corrected chi connectivity index (χ0v) is 12.0. The number of aryl methyl sites for hydroxylation is 1. The minimum absolute atomic E-state index is 0.819. The van der Waals surface area contributed by atoms with Crippen LogP contribution in [0.2, 0.25) is 0 Å². The number of pyridine rings is 1. The topological polar surface area (TPSA) is 45.7 Å². The van der Waals surface area contributed by atoms with Crippen molar-refractivity contribution in [1.29, 1.82) is 0 Å². The van der Waals surface area contributed by atoms with Gasteiger partial charge in [0.25, 0.3) is 0 Å². The molecule has 1 aliphatic rings. The predicted octanol–water partition coefficient (Wildman–Crippen LogP) is 2.31. The van der Waals surface area contributed by atoms with E-state index in [0.717, 1.165) is 49.0 Å². The average molecular weight is 282 g/mol. The van der Waals surface area contributed by atoms with Crippen LogP contribution in [0, 0.1) is 6.92 Å². The Morgan fingerprint density at radius 3 is 2.81 bits per heavy atom. The standard InChI is InChI=1S/C16H18N4O/c1-12-2-3-15(21-12)14-11-20-7-4-13(10-16(20)18-14)19-8-5-17-6-9-19/h2-4,7,10-11,17H,5-6,8-9H2,1H3. The van der Waals surface area contributed by atoms with Gasteiger partial charge in [-0.05, 0) is 25.1 Å². The van der Waals surface area contributed by atoms with E-state index in [4.69, 9.17) is 4.42 Å². The molecule has 0 aliphatic carbocycles. The van der Waals surface area contributed by atoms with E-state index in [1.165, 1.54) is 5.69 Å². The van der Waals surface area contributed by atoms with Gasteiger partial charge < -0.3 is 19.0 Å². The van der Waals surface area contributed by atoms with Crippen molar-refractivity contribution in [1.82, 2.24) is 14.7 Å². The van der Waals surface area contributed by atoms with Crippen molar-refractivity contribution in [3.05, 3.63) is 42.4 Å². The molecule has 5 heteroatoms. The molecule has 1 N–H and O–H groups in total. The van der Waals surface area contributed by atoms with Crippen LogP contribution in [0.5, 0.6) is 0 Å². The van der Waals surface area contributed by atoms with Crippen molar-refractivity contribution in [3.8, 4) is 11.5 Å². The summed E-state index contributed by atoms with van der Waals surface area (Å²) in [7, 11) is 0. The van der Waals surface area contributed by atoms with Crippen LogP contribution >= 0.6 is 0 Å². The first-order valence-corrected chi connectivity index (χ1v) is 7.31. The molecule has 0 amide bonds. The largest absolute Gasteiger partial charge is 0.460 e. The van der Waals surface area contributed by atoms with Crippen LogP contribution < -0.4 is 10.2 Å². The summed E-state index contributed by atoms with van der Waals surface area (Å²) in [5, 5.41) is 3.37. The fraction of sp³-hybridized carbons (Fsp3) is 0.312. The number of anilines is 1. The van der Waals surface area contributed by atoms with Crippen molar-refractivity contribution in [2.75, 3.05) is 31.1 Å². The highest BCUT2D eigenvalue weighted by Gasteiger charge is 2.13. The maximum atomic E-state index is 5.65. The van der Waals surface area contributed by atoms with Crippen molar-refractivity contribution < 1.29 is 4.42 Å². The predicted molar refractivity (Wildman–Crippen MR) is 82.7 cm³/mol. The Morgan fingerprint density at radius 1 is 1.19 bits per heavy atom. The number of hydrogen-bond acceptors (Lipinski definition) is 4. The number of nitrogens with one attached hydrogen (secondary N) is 1. The highest BCUT2D eigenvalue weighted by Crippen LogP contribution is 2.24. The number of hydrogen-bond donors (Lipinski definition) is 1. The van der Waals surface area contributed by atoms with Gasteiger partial charge in [0.05, 0.1) is 0 Å². The zero-order valence-electron chi connectivity index (χ0n) is 12.0. The van der Waals surface area contributed by atoms with E-state index in [-0.39, 0.29) is 0 Å². The van der Waals surface area contributed by atoms with Gasteiger partial charge in [0.15, 0.2) is 5.76 Å². The van der Waals surface area contributed by atoms with E-state index in [2.05, 4.69) is 33.5 Å². The van der Waals surface area contributed by atoms with Crippen LogP contribution in [-0.2, 0) is 0 Å². The molecule has 0 unspecified atom stereocenters. The second kappa shape index (κ2) is 4.93. The van der Waals surface area contributed by atoms with Gasteiger partial charge >= 0.3 is 0 Å². The molecule has 0 saturated carbocycles. The summed E-state index contributed by atoms with van der Waals surface area (Å²) in [6.07, 6.45) is 4.08. The normalized spacial score (nSPS) is 15.8. The van der Waals surface area contributed by atoms with Crippen molar-refractivity contribution >= 4 is 11.3 Å². The Hall–Kier alpha value is -2.27. The van der Waals surface area contributed by atoms with Crippen LogP contribution in [-0.4, -0.2) is 35.6 Å². The zero-order chi connectivity index (χ0) is 14.2. The minimum atomic E-state index is 0.819. The molecule has 4 rings (SSSR count). The number of rotatable bonds is 2. The number of fused-ring (bicyclic) bond motifs is 1. The lowest BCUT2D eigenvalue weighted by molar-refractivity contribution is 0.547. The molecule has 0 atom stereocenters. The molecule has 0 spiro atoms. The van der Waals surface area contributed by atoms with Crippen molar-refractivity contribution in [2.45, 2.75) is 6.92 Å². The molecule has 1 fully saturated rings. The molecular weight excluding hydrogens is 264 g/mol. The van der Waals surface area contributed by atoms with E-state index < -0.39 is 0 Å². The second-order valence-corrected chi connectivity index (χ2v) is 5.42. The monoisotopic (exact) mass is 282 g/mol. The molecule has 21 heavy (non-hydrogen) atoms. The number of furan rings is 1. The lowest BCUT2D eigenvalue weighted by Gasteiger charge is -2.29. The maximum absolute atomic E-state index is 5.65. The lowest BCUT2D eigenvalue weighted by atomic mass is 10.3. The molecule has 0 radical (unpaired) electrons. The third-order valence-corrected chi connectivity index (χ3v) is 3.92.